The van der Waals surface area contributed by atoms with Crippen LogP contribution in [0.25, 0.3) is 38.2 Å². The van der Waals surface area contributed by atoms with Gasteiger partial charge in [0.25, 0.3) is 5.56 Å². The van der Waals surface area contributed by atoms with Crippen LogP contribution in [0.3, 0.4) is 0 Å². The minimum atomic E-state index is -3.59. The fraction of sp³-hybridized carbons (Fsp3) is 0.172. The van der Waals surface area contributed by atoms with E-state index in [-0.39, 0.29) is 17.1 Å². The van der Waals surface area contributed by atoms with Crippen molar-refractivity contribution in [3.8, 4) is 28.1 Å². The maximum absolute atomic E-state index is 14.0. The number of methoxy groups -OCH3 is 1. The summed E-state index contributed by atoms with van der Waals surface area (Å²) in [4.78, 5) is 23.5. The molecule has 0 fully saturated rings. The number of pyridine rings is 1. The van der Waals surface area contributed by atoms with E-state index in [0.29, 0.717) is 33.6 Å². The summed E-state index contributed by atoms with van der Waals surface area (Å²) in [7, 11) is -2.13. The number of ether oxygens (including phenoxy) is 1. The molecule has 4 aromatic heterocycles. The molecule has 4 heterocycles. The molecule has 6 rings (SSSR count). The zero-order valence-corrected chi connectivity index (χ0v) is 24.8. The first-order valence-electron chi connectivity index (χ1n) is 12.9. The largest absolute Gasteiger partial charge is 0.495 e. The molecule has 6 aromatic rings. The zero-order chi connectivity index (χ0) is 29.8. The lowest BCUT2D eigenvalue weighted by atomic mass is 9.97. The number of anilines is 2. The molecule has 1 atom stereocenters. The number of aryl methyl sites for hydroxylation is 1. The van der Waals surface area contributed by atoms with Crippen molar-refractivity contribution in [1.29, 1.82) is 0 Å². The van der Waals surface area contributed by atoms with Crippen LogP contribution in [0.1, 0.15) is 24.2 Å². The Morgan fingerprint density at radius 3 is 2.55 bits per heavy atom. The fourth-order valence-corrected chi connectivity index (χ4v) is 6.67. The number of rotatable bonds is 7. The van der Waals surface area contributed by atoms with Crippen LogP contribution in [0.15, 0.2) is 71.1 Å². The average Bonchev–Trinajstić information content (AvgIpc) is 3.54. The van der Waals surface area contributed by atoms with Gasteiger partial charge in [-0.3, -0.25) is 13.9 Å². The number of hydrogen-bond donors (Lipinski definition) is 2. The van der Waals surface area contributed by atoms with E-state index in [1.54, 1.807) is 27.3 Å². The van der Waals surface area contributed by atoms with E-state index in [0.717, 1.165) is 27.9 Å². The van der Waals surface area contributed by atoms with E-state index in [4.69, 9.17) is 15.6 Å². The first kappa shape index (κ1) is 27.4. The second-order valence-electron chi connectivity index (χ2n) is 9.91. The molecule has 0 unspecified atom stereocenters. The van der Waals surface area contributed by atoms with Gasteiger partial charge in [-0.1, -0.05) is 30.3 Å². The number of benzene rings is 2. The number of nitrogens with two attached hydrogens (primary N) is 1. The van der Waals surface area contributed by atoms with E-state index >= 15 is 0 Å². The molecule has 0 spiro atoms. The third-order valence-electron chi connectivity index (χ3n) is 7.07. The number of sulfonamides is 1. The molecule has 0 radical (unpaired) electrons. The zero-order valence-electron chi connectivity index (χ0n) is 23.2. The molecule has 0 amide bonds. The second kappa shape index (κ2) is 10.3. The number of hydrogen-bond acceptors (Lipinski definition) is 9. The fourth-order valence-electron chi connectivity index (χ4n) is 5.18. The Hall–Kier alpha value is -4.75. The Balaban J connectivity index is 1.60. The van der Waals surface area contributed by atoms with Gasteiger partial charge in [0.1, 0.15) is 28.4 Å². The van der Waals surface area contributed by atoms with Gasteiger partial charge in [0.2, 0.25) is 10.0 Å². The topological polar surface area (TPSA) is 146 Å². The highest BCUT2D eigenvalue weighted by atomic mass is 32.2. The summed E-state index contributed by atoms with van der Waals surface area (Å²) in [6.07, 6.45) is 2.44. The normalized spacial score (nSPS) is 12.6. The van der Waals surface area contributed by atoms with Crippen molar-refractivity contribution in [2.45, 2.75) is 19.9 Å². The van der Waals surface area contributed by atoms with Crippen LogP contribution in [-0.2, 0) is 10.0 Å². The summed E-state index contributed by atoms with van der Waals surface area (Å²) in [6.45, 7) is 3.87. The molecule has 0 saturated heterocycles. The second-order valence-corrected chi connectivity index (χ2v) is 12.6. The Labute approximate surface area is 245 Å². The highest BCUT2D eigenvalue weighted by Gasteiger charge is 2.26. The summed E-state index contributed by atoms with van der Waals surface area (Å²) in [5, 5.41) is 7.42. The highest BCUT2D eigenvalue weighted by molar-refractivity contribution is 7.92. The molecule has 11 nitrogen and oxygen atoms in total. The summed E-state index contributed by atoms with van der Waals surface area (Å²) in [5.41, 5.74) is 11.0. The third kappa shape index (κ3) is 4.65. The lowest BCUT2D eigenvalue weighted by Gasteiger charge is -2.18. The standard InChI is InChI=1S/C29H27N7O4S2/c1-16-14-41-23-13-20(24(29(37)35(16)23)18-8-6-5-7-9-18)17(2)36-28-25(27(30)31-15-32-28)26(33-36)19-10-11-22(40-3)21(12-19)34-42(4,38)39/h5-15,17,34H,1-4H3,(H2,30,31,32)/t17-/m0/s1. The molecule has 0 aliphatic rings. The Bertz CT molecular complexity index is 2150. The molecule has 0 saturated carbocycles. The number of nitrogens with one attached hydrogen (secondary N) is 1. The lowest BCUT2D eigenvalue weighted by Crippen LogP contribution is -2.21. The Morgan fingerprint density at radius 1 is 1.07 bits per heavy atom. The molecule has 0 bridgehead atoms. The van der Waals surface area contributed by atoms with E-state index < -0.39 is 16.1 Å². The van der Waals surface area contributed by atoms with Gasteiger partial charge in [0.15, 0.2) is 5.65 Å². The predicted octanol–water partition coefficient (Wildman–Crippen LogP) is 4.71. The molecule has 3 N–H and O–H groups in total. The van der Waals surface area contributed by atoms with Gasteiger partial charge in [0.05, 0.1) is 36.0 Å². The van der Waals surface area contributed by atoms with E-state index in [1.807, 2.05) is 55.6 Å². The van der Waals surface area contributed by atoms with E-state index in [2.05, 4.69) is 14.7 Å². The number of nitrogen functional groups attached to an aromatic ring is 1. The van der Waals surface area contributed by atoms with Crippen LogP contribution >= 0.6 is 11.3 Å². The lowest BCUT2D eigenvalue weighted by molar-refractivity contribution is 0.417. The molecule has 0 aliphatic heterocycles. The molecular formula is C29H27N7O4S2. The monoisotopic (exact) mass is 601 g/mol. The van der Waals surface area contributed by atoms with Crippen molar-refractivity contribution in [2.75, 3.05) is 23.8 Å². The van der Waals surface area contributed by atoms with Gasteiger partial charge in [-0.2, -0.15) is 5.10 Å². The third-order valence-corrected chi connectivity index (χ3v) is 8.67. The number of thiazole rings is 1. The molecule has 214 valence electrons. The van der Waals surface area contributed by atoms with Gasteiger partial charge in [0, 0.05) is 16.6 Å². The maximum Gasteiger partial charge on any atom is 0.264 e. The van der Waals surface area contributed by atoms with Gasteiger partial charge in [-0.15, -0.1) is 11.3 Å². The number of aromatic nitrogens is 5. The Morgan fingerprint density at radius 2 is 1.83 bits per heavy atom. The number of fused-ring (bicyclic) bond motifs is 2. The molecule has 13 heteroatoms. The van der Waals surface area contributed by atoms with Gasteiger partial charge in [-0.05, 0) is 49.2 Å². The van der Waals surface area contributed by atoms with E-state index in [9.17, 15) is 13.2 Å². The quantitative estimate of drug-likeness (QED) is 0.267. The summed E-state index contributed by atoms with van der Waals surface area (Å²) < 4.78 is 35.4. The van der Waals surface area contributed by atoms with Crippen LogP contribution in [-0.4, -0.2) is 45.9 Å². The van der Waals surface area contributed by atoms with Gasteiger partial charge < -0.3 is 10.5 Å². The van der Waals surface area contributed by atoms with Crippen molar-refractivity contribution < 1.29 is 13.2 Å². The highest BCUT2D eigenvalue weighted by Crippen LogP contribution is 2.38. The molecular weight excluding hydrogens is 574 g/mol. The first-order chi connectivity index (χ1) is 20.1. The van der Waals surface area contributed by atoms with Crippen molar-refractivity contribution in [3.05, 3.63) is 87.9 Å². The maximum atomic E-state index is 14.0. The molecule has 42 heavy (non-hydrogen) atoms. The van der Waals surface area contributed by atoms with Crippen LogP contribution in [0.2, 0.25) is 0 Å². The average molecular weight is 602 g/mol. The van der Waals surface area contributed by atoms with Crippen LogP contribution in [0.4, 0.5) is 11.5 Å². The summed E-state index contributed by atoms with van der Waals surface area (Å²) >= 11 is 1.50. The Kier molecular flexibility index (Phi) is 6.70. The van der Waals surface area contributed by atoms with E-state index in [1.165, 1.54) is 24.8 Å². The summed E-state index contributed by atoms with van der Waals surface area (Å²) in [5.74, 6) is 0.563. The van der Waals surface area contributed by atoms with Crippen LogP contribution in [0, 0.1) is 6.92 Å². The summed E-state index contributed by atoms with van der Waals surface area (Å²) in [6, 6.07) is 16.2. The van der Waals surface area contributed by atoms with Crippen molar-refractivity contribution in [2.24, 2.45) is 0 Å². The SMILES string of the molecule is COc1ccc(-c2nn([C@@H](C)c3cc4scc(C)n4c(=O)c3-c3ccccc3)c3ncnc(N)c23)cc1NS(C)(=O)=O. The minimum absolute atomic E-state index is 0.114. The van der Waals surface area contributed by atoms with Crippen molar-refractivity contribution in [3.63, 3.8) is 0 Å². The smallest absolute Gasteiger partial charge is 0.264 e. The molecule has 0 aliphatic carbocycles. The van der Waals surface area contributed by atoms with Gasteiger partial charge >= 0.3 is 0 Å². The van der Waals surface area contributed by atoms with Crippen LogP contribution in [0.5, 0.6) is 5.75 Å². The predicted molar refractivity (Wildman–Crippen MR) is 166 cm³/mol. The van der Waals surface area contributed by atoms with Crippen molar-refractivity contribution >= 4 is 48.7 Å². The number of nitrogens with zero attached hydrogens (tertiary/aromatic N) is 5. The van der Waals surface area contributed by atoms with Gasteiger partial charge in [-0.25, -0.2) is 23.1 Å². The van der Waals surface area contributed by atoms with Crippen molar-refractivity contribution in [1.82, 2.24) is 24.1 Å². The van der Waals surface area contributed by atoms with Crippen LogP contribution < -0.4 is 20.8 Å². The first-order valence-corrected chi connectivity index (χ1v) is 15.7. The minimum Gasteiger partial charge on any atom is -0.495 e. The molecule has 2 aromatic carbocycles.